The van der Waals surface area contributed by atoms with E-state index in [1.807, 2.05) is 0 Å². The van der Waals surface area contributed by atoms with Crippen molar-refractivity contribution in [3.63, 3.8) is 0 Å². The molecule has 1 unspecified atom stereocenters. The van der Waals surface area contributed by atoms with Gasteiger partial charge in [0.1, 0.15) is 0 Å². The molecule has 0 amide bonds. The first-order valence-electron chi connectivity index (χ1n) is 4.29. The first-order valence-corrected chi connectivity index (χ1v) is 5.45. The normalized spacial score (nSPS) is 13.2. The second kappa shape index (κ2) is 5.24. The van der Waals surface area contributed by atoms with E-state index in [0.717, 1.165) is 23.9 Å². The molecule has 1 rings (SSSR count). The summed E-state index contributed by atoms with van der Waals surface area (Å²) in [6, 6.07) is 0. The maximum atomic E-state index is 5.49. The Bertz CT molecular complexity index is 251. The lowest BCUT2D eigenvalue weighted by Gasteiger charge is -2.05. The zero-order valence-corrected chi connectivity index (χ0v) is 8.80. The second-order valence-corrected chi connectivity index (χ2v) is 4.12. The summed E-state index contributed by atoms with van der Waals surface area (Å²) in [5.41, 5.74) is 5.49. The number of aromatic nitrogens is 2. The van der Waals surface area contributed by atoms with Crippen molar-refractivity contribution in [2.45, 2.75) is 19.6 Å². The Balaban J connectivity index is 2.20. The molecule has 2 N–H and O–H groups in total. The van der Waals surface area contributed by atoms with Crippen LogP contribution in [-0.4, -0.2) is 22.4 Å². The zero-order valence-electron chi connectivity index (χ0n) is 7.99. The average Bonchev–Trinajstić information content (AvgIpc) is 2.51. The molecule has 1 atom stereocenters. The van der Waals surface area contributed by atoms with Gasteiger partial charge in [-0.25, -0.2) is 0 Å². The zero-order chi connectivity index (χ0) is 9.68. The summed E-state index contributed by atoms with van der Waals surface area (Å²) in [5, 5.41) is 3.80. The standard InChI is InChI=1S/C8H15N3OS/c1-6(3-9)4-13-5-8-10-7(2)12-11-8/h6H,3-5,9H2,1-2H3. The number of thioether (sulfide) groups is 1. The molecule has 0 spiro atoms. The fraction of sp³-hybridized carbons (Fsp3) is 0.750. The van der Waals surface area contributed by atoms with Gasteiger partial charge >= 0.3 is 0 Å². The third-order valence-corrected chi connectivity index (χ3v) is 2.87. The van der Waals surface area contributed by atoms with E-state index in [0.29, 0.717) is 11.8 Å². The van der Waals surface area contributed by atoms with Gasteiger partial charge in [0.15, 0.2) is 5.82 Å². The summed E-state index contributed by atoms with van der Waals surface area (Å²) in [4.78, 5) is 4.10. The lowest BCUT2D eigenvalue weighted by molar-refractivity contribution is 0.389. The van der Waals surface area contributed by atoms with Crippen LogP contribution in [0.25, 0.3) is 0 Å². The van der Waals surface area contributed by atoms with Gasteiger partial charge in [-0.05, 0) is 18.2 Å². The van der Waals surface area contributed by atoms with Crippen LogP contribution in [0.3, 0.4) is 0 Å². The van der Waals surface area contributed by atoms with Crippen LogP contribution in [0.1, 0.15) is 18.6 Å². The summed E-state index contributed by atoms with van der Waals surface area (Å²) in [6.45, 7) is 4.66. The van der Waals surface area contributed by atoms with Crippen LogP contribution in [0.5, 0.6) is 0 Å². The van der Waals surface area contributed by atoms with Crippen LogP contribution in [-0.2, 0) is 5.75 Å². The number of hydrogen-bond acceptors (Lipinski definition) is 5. The van der Waals surface area contributed by atoms with E-state index in [-0.39, 0.29) is 0 Å². The van der Waals surface area contributed by atoms with Crippen molar-refractivity contribution < 1.29 is 4.52 Å². The molecule has 74 valence electrons. The predicted molar refractivity (Wildman–Crippen MR) is 53.4 cm³/mol. The van der Waals surface area contributed by atoms with Crippen LogP contribution in [0.2, 0.25) is 0 Å². The number of hydrogen-bond donors (Lipinski definition) is 1. The van der Waals surface area contributed by atoms with E-state index >= 15 is 0 Å². The Labute approximate surface area is 82.3 Å². The number of nitrogens with two attached hydrogens (primary N) is 1. The largest absolute Gasteiger partial charge is 0.340 e. The third-order valence-electron chi connectivity index (χ3n) is 1.61. The van der Waals surface area contributed by atoms with Gasteiger partial charge in [-0.15, -0.1) is 0 Å². The van der Waals surface area contributed by atoms with Gasteiger partial charge in [0.25, 0.3) is 0 Å². The molecule has 1 aromatic rings. The van der Waals surface area contributed by atoms with Crippen LogP contribution >= 0.6 is 11.8 Å². The Kier molecular flexibility index (Phi) is 4.24. The van der Waals surface area contributed by atoms with Crippen molar-refractivity contribution >= 4 is 11.8 Å². The van der Waals surface area contributed by atoms with E-state index in [2.05, 4.69) is 17.1 Å². The molecule has 0 aliphatic rings. The van der Waals surface area contributed by atoms with Gasteiger partial charge in [-0.3, -0.25) is 0 Å². The van der Waals surface area contributed by atoms with Crippen LogP contribution in [0.15, 0.2) is 4.52 Å². The lowest BCUT2D eigenvalue weighted by Crippen LogP contribution is -2.12. The summed E-state index contributed by atoms with van der Waals surface area (Å²) >= 11 is 1.79. The molecular weight excluding hydrogens is 186 g/mol. The topological polar surface area (TPSA) is 64.9 Å². The van der Waals surface area contributed by atoms with Crippen LogP contribution < -0.4 is 5.73 Å². The quantitative estimate of drug-likeness (QED) is 0.775. The van der Waals surface area contributed by atoms with Gasteiger partial charge in [0.05, 0.1) is 5.75 Å². The molecule has 0 aliphatic heterocycles. The molecule has 0 saturated heterocycles. The van der Waals surface area contributed by atoms with Gasteiger partial charge < -0.3 is 10.3 Å². The molecule has 5 heteroatoms. The fourth-order valence-electron chi connectivity index (χ4n) is 0.819. The molecule has 0 radical (unpaired) electrons. The van der Waals surface area contributed by atoms with E-state index in [1.54, 1.807) is 18.7 Å². The first kappa shape index (κ1) is 10.5. The summed E-state index contributed by atoms with van der Waals surface area (Å²) in [6.07, 6.45) is 0. The smallest absolute Gasteiger partial charge is 0.223 e. The second-order valence-electron chi connectivity index (χ2n) is 3.09. The molecule has 0 bridgehead atoms. The Morgan fingerprint density at radius 2 is 2.38 bits per heavy atom. The minimum absolute atomic E-state index is 0.554. The number of rotatable bonds is 5. The molecule has 0 saturated carbocycles. The molecule has 1 aromatic heterocycles. The summed E-state index contributed by atoms with van der Waals surface area (Å²) in [5.74, 6) is 3.80. The van der Waals surface area contributed by atoms with Gasteiger partial charge in [0, 0.05) is 6.92 Å². The molecule has 4 nitrogen and oxygen atoms in total. The highest BCUT2D eigenvalue weighted by atomic mass is 32.2. The van der Waals surface area contributed by atoms with E-state index < -0.39 is 0 Å². The highest BCUT2D eigenvalue weighted by Gasteiger charge is 2.03. The minimum Gasteiger partial charge on any atom is -0.340 e. The van der Waals surface area contributed by atoms with E-state index in [4.69, 9.17) is 10.3 Å². The van der Waals surface area contributed by atoms with Crippen molar-refractivity contribution in [3.05, 3.63) is 11.7 Å². The molecular formula is C8H15N3OS. The third kappa shape index (κ3) is 3.78. The predicted octanol–water partition coefficient (Wildman–Crippen LogP) is 1.21. The lowest BCUT2D eigenvalue weighted by atomic mass is 10.2. The van der Waals surface area contributed by atoms with Crippen molar-refractivity contribution in [2.24, 2.45) is 11.7 Å². The number of nitrogens with zero attached hydrogens (tertiary/aromatic N) is 2. The van der Waals surface area contributed by atoms with Crippen LogP contribution in [0.4, 0.5) is 0 Å². The molecule has 0 aromatic carbocycles. The van der Waals surface area contributed by atoms with Crippen molar-refractivity contribution in [2.75, 3.05) is 12.3 Å². The summed E-state index contributed by atoms with van der Waals surface area (Å²) < 4.78 is 4.85. The molecule has 13 heavy (non-hydrogen) atoms. The molecule has 0 aliphatic carbocycles. The minimum atomic E-state index is 0.554. The summed E-state index contributed by atoms with van der Waals surface area (Å²) in [7, 11) is 0. The first-order chi connectivity index (χ1) is 6.22. The van der Waals surface area contributed by atoms with Gasteiger partial charge in [0.2, 0.25) is 5.89 Å². The highest BCUT2D eigenvalue weighted by molar-refractivity contribution is 7.98. The fourth-order valence-corrected chi connectivity index (χ4v) is 1.78. The molecule has 1 heterocycles. The highest BCUT2D eigenvalue weighted by Crippen LogP contribution is 2.12. The van der Waals surface area contributed by atoms with Gasteiger partial charge in [-0.1, -0.05) is 12.1 Å². The van der Waals surface area contributed by atoms with E-state index in [9.17, 15) is 0 Å². The van der Waals surface area contributed by atoms with Crippen molar-refractivity contribution in [3.8, 4) is 0 Å². The monoisotopic (exact) mass is 201 g/mol. The van der Waals surface area contributed by atoms with Crippen LogP contribution in [0, 0.1) is 12.8 Å². The Hall–Kier alpha value is -0.550. The number of aryl methyl sites for hydroxylation is 1. The average molecular weight is 201 g/mol. The van der Waals surface area contributed by atoms with Crippen molar-refractivity contribution in [1.29, 1.82) is 0 Å². The van der Waals surface area contributed by atoms with Crippen molar-refractivity contribution in [1.82, 2.24) is 10.1 Å². The maximum absolute atomic E-state index is 5.49. The maximum Gasteiger partial charge on any atom is 0.223 e. The SMILES string of the molecule is Cc1nc(CSCC(C)CN)no1. The Morgan fingerprint density at radius 3 is 2.92 bits per heavy atom. The van der Waals surface area contributed by atoms with Gasteiger partial charge in [-0.2, -0.15) is 16.7 Å². The molecule has 0 fully saturated rings. The van der Waals surface area contributed by atoms with E-state index in [1.165, 1.54) is 0 Å². The Morgan fingerprint density at radius 1 is 1.62 bits per heavy atom.